The molecule has 0 bridgehead atoms. The van der Waals surface area contributed by atoms with Crippen molar-refractivity contribution in [2.75, 3.05) is 18.0 Å². The summed E-state index contributed by atoms with van der Waals surface area (Å²) in [5.41, 5.74) is 3.16. The minimum absolute atomic E-state index is 0.0110. The van der Waals surface area contributed by atoms with Crippen molar-refractivity contribution in [1.82, 2.24) is 14.9 Å². The number of pyridine rings is 1. The number of benzene rings is 1. The Hall–Kier alpha value is -3.13. The first-order valence-electron chi connectivity index (χ1n) is 9.27. The third-order valence-corrected chi connectivity index (χ3v) is 5.65. The Morgan fingerprint density at radius 1 is 1.17 bits per heavy atom. The van der Waals surface area contributed by atoms with Gasteiger partial charge in [-0.15, -0.1) is 11.3 Å². The lowest BCUT2D eigenvalue weighted by Gasteiger charge is -2.18. The predicted molar refractivity (Wildman–Crippen MR) is 109 cm³/mol. The maximum absolute atomic E-state index is 13.1. The zero-order valence-electron chi connectivity index (χ0n) is 15.6. The Labute approximate surface area is 171 Å². The third kappa shape index (κ3) is 4.48. The van der Waals surface area contributed by atoms with Crippen LogP contribution >= 0.6 is 11.3 Å². The van der Waals surface area contributed by atoms with Gasteiger partial charge in [0.2, 0.25) is 0 Å². The van der Waals surface area contributed by atoms with Gasteiger partial charge in [-0.1, -0.05) is 12.1 Å². The van der Waals surface area contributed by atoms with Gasteiger partial charge in [-0.25, -0.2) is 14.2 Å². The maximum atomic E-state index is 13.1. The number of thiazole rings is 1. The van der Waals surface area contributed by atoms with Crippen molar-refractivity contribution in [1.29, 1.82) is 0 Å². The molecule has 0 atom stereocenters. The standard InChI is InChI=1S/C21H19FN4O2S/c22-17-3-1-15(2-4-17)13-25-9-10-26(21(25)28)20-11-16(7-8-24-20)19(27)6-5-18-12-23-14-29-18/h1-4,7-8,11-12,14H,5-6,9-10,13H2. The second-order valence-electron chi connectivity index (χ2n) is 6.78. The van der Waals surface area contributed by atoms with Crippen molar-refractivity contribution in [3.8, 4) is 0 Å². The second kappa shape index (κ2) is 8.48. The molecule has 148 valence electrons. The van der Waals surface area contributed by atoms with E-state index >= 15 is 0 Å². The van der Waals surface area contributed by atoms with Crippen LogP contribution in [0.4, 0.5) is 15.0 Å². The summed E-state index contributed by atoms with van der Waals surface area (Å²) in [5.74, 6) is 0.182. The number of urea groups is 1. The van der Waals surface area contributed by atoms with Crippen LogP contribution in [0, 0.1) is 5.82 Å². The van der Waals surface area contributed by atoms with E-state index in [1.807, 2.05) is 0 Å². The number of ketones is 1. The Morgan fingerprint density at radius 2 is 2.00 bits per heavy atom. The molecule has 0 radical (unpaired) electrons. The summed E-state index contributed by atoms with van der Waals surface area (Å²) in [6, 6.07) is 9.30. The number of Topliss-reactive ketones (excluding diaryl/α,β-unsaturated/α-hetero) is 1. The molecular formula is C21H19FN4O2S. The number of aromatic nitrogens is 2. The van der Waals surface area contributed by atoms with Gasteiger partial charge in [0.15, 0.2) is 5.78 Å². The molecule has 1 fully saturated rings. The van der Waals surface area contributed by atoms with Crippen LogP contribution < -0.4 is 4.90 Å². The van der Waals surface area contributed by atoms with Crippen LogP contribution in [-0.2, 0) is 13.0 Å². The molecule has 29 heavy (non-hydrogen) atoms. The first-order valence-corrected chi connectivity index (χ1v) is 10.2. The molecule has 0 aliphatic carbocycles. The summed E-state index contributed by atoms with van der Waals surface area (Å²) >= 11 is 1.53. The maximum Gasteiger partial charge on any atom is 0.326 e. The molecule has 1 aromatic carbocycles. The summed E-state index contributed by atoms with van der Waals surface area (Å²) in [6.07, 6.45) is 4.37. The number of anilines is 1. The second-order valence-corrected chi connectivity index (χ2v) is 7.75. The van der Waals surface area contributed by atoms with Gasteiger partial charge in [0.25, 0.3) is 0 Å². The van der Waals surface area contributed by atoms with Crippen molar-refractivity contribution in [3.05, 3.63) is 76.1 Å². The zero-order chi connectivity index (χ0) is 20.2. The van der Waals surface area contributed by atoms with E-state index in [4.69, 9.17) is 0 Å². The predicted octanol–water partition coefficient (Wildman–Crippen LogP) is 3.93. The van der Waals surface area contributed by atoms with E-state index in [0.29, 0.717) is 43.9 Å². The van der Waals surface area contributed by atoms with Gasteiger partial charge >= 0.3 is 6.03 Å². The Morgan fingerprint density at radius 3 is 2.76 bits per heavy atom. The molecule has 0 spiro atoms. The number of aryl methyl sites for hydroxylation is 1. The minimum Gasteiger partial charge on any atom is -0.318 e. The van der Waals surface area contributed by atoms with E-state index in [1.165, 1.54) is 23.5 Å². The summed E-state index contributed by atoms with van der Waals surface area (Å²) in [4.78, 5) is 38.0. The lowest BCUT2D eigenvalue weighted by molar-refractivity contribution is 0.0983. The van der Waals surface area contributed by atoms with Crippen molar-refractivity contribution in [2.45, 2.75) is 19.4 Å². The van der Waals surface area contributed by atoms with E-state index in [9.17, 15) is 14.0 Å². The molecule has 0 N–H and O–H groups in total. The van der Waals surface area contributed by atoms with Crippen LogP contribution in [-0.4, -0.2) is 39.8 Å². The SMILES string of the molecule is O=C(CCc1cncs1)c1ccnc(N2CCN(Cc3ccc(F)cc3)C2=O)c1. The van der Waals surface area contributed by atoms with Gasteiger partial charge in [-0.05, 0) is 36.2 Å². The fourth-order valence-corrected chi connectivity index (χ4v) is 3.84. The van der Waals surface area contributed by atoms with Crippen molar-refractivity contribution >= 4 is 29.0 Å². The number of hydrogen-bond donors (Lipinski definition) is 0. The van der Waals surface area contributed by atoms with Crippen molar-refractivity contribution < 1.29 is 14.0 Å². The topological polar surface area (TPSA) is 66.4 Å². The molecule has 3 aromatic rings. The lowest BCUT2D eigenvalue weighted by atomic mass is 10.1. The van der Waals surface area contributed by atoms with Crippen LogP contribution in [0.1, 0.15) is 27.2 Å². The fourth-order valence-electron chi connectivity index (χ4n) is 3.24. The van der Waals surface area contributed by atoms with Crippen molar-refractivity contribution in [2.24, 2.45) is 0 Å². The normalized spacial score (nSPS) is 13.9. The molecule has 8 heteroatoms. The quantitative estimate of drug-likeness (QED) is 0.554. The number of nitrogens with zero attached hydrogens (tertiary/aromatic N) is 4. The van der Waals surface area contributed by atoms with Gasteiger partial charge in [-0.2, -0.15) is 0 Å². The van der Waals surface area contributed by atoms with Crippen LogP contribution in [0.3, 0.4) is 0 Å². The summed E-state index contributed by atoms with van der Waals surface area (Å²) in [6.45, 7) is 1.44. The van der Waals surface area contributed by atoms with Gasteiger partial charge < -0.3 is 4.90 Å². The number of rotatable bonds is 7. The largest absolute Gasteiger partial charge is 0.326 e. The fraction of sp³-hybridized carbons (Fsp3) is 0.238. The van der Waals surface area contributed by atoms with E-state index in [0.717, 1.165) is 10.4 Å². The molecule has 1 aliphatic rings. The number of carbonyl (C=O) groups is 2. The summed E-state index contributed by atoms with van der Waals surface area (Å²) < 4.78 is 13.1. The summed E-state index contributed by atoms with van der Waals surface area (Å²) in [7, 11) is 0. The number of carbonyl (C=O) groups excluding carboxylic acids is 2. The highest BCUT2D eigenvalue weighted by molar-refractivity contribution is 7.09. The highest BCUT2D eigenvalue weighted by Crippen LogP contribution is 2.22. The molecule has 3 heterocycles. The number of amides is 2. The van der Waals surface area contributed by atoms with E-state index in [1.54, 1.807) is 52.0 Å². The van der Waals surface area contributed by atoms with Crippen LogP contribution in [0.25, 0.3) is 0 Å². The number of hydrogen-bond acceptors (Lipinski definition) is 5. The zero-order valence-corrected chi connectivity index (χ0v) is 16.4. The van der Waals surface area contributed by atoms with Gasteiger partial charge in [0.1, 0.15) is 11.6 Å². The Bertz CT molecular complexity index is 1010. The highest BCUT2D eigenvalue weighted by Gasteiger charge is 2.30. The molecule has 1 aliphatic heterocycles. The van der Waals surface area contributed by atoms with E-state index in [2.05, 4.69) is 9.97 Å². The minimum atomic E-state index is -0.302. The molecular weight excluding hydrogens is 391 g/mol. The van der Waals surface area contributed by atoms with Gasteiger partial charge in [0.05, 0.1) is 5.51 Å². The lowest BCUT2D eigenvalue weighted by Crippen LogP contribution is -2.32. The first kappa shape index (κ1) is 19.2. The monoisotopic (exact) mass is 410 g/mol. The smallest absolute Gasteiger partial charge is 0.318 e. The Balaban J connectivity index is 1.41. The van der Waals surface area contributed by atoms with Crippen LogP contribution in [0.5, 0.6) is 0 Å². The molecule has 2 amide bonds. The van der Waals surface area contributed by atoms with Gasteiger partial charge in [-0.3, -0.25) is 14.7 Å². The van der Waals surface area contributed by atoms with E-state index < -0.39 is 0 Å². The van der Waals surface area contributed by atoms with Crippen molar-refractivity contribution in [3.63, 3.8) is 0 Å². The first-order chi connectivity index (χ1) is 14.1. The third-order valence-electron chi connectivity index (χ3n) is 4.81. The molecule has 4 rings (SSSR count). The van der Waals surface area contributed by atoms with Crippen LogP contribution in [0.2, 0.25) is 0 Å². The average Bonchev–Trinajstić information content (AvgIpc) is 3.38. The number of halogens is 1. The summed E-state index contributed by atoms with van der Waals surface area (Å²) in [5, 5.41) is 0. The average molecular weight is 410 g/mol. The molecule has 0 unspecified atom stereocenters. The molecule has 0 saturated carbocycles. The highest BCUT2D eigenvalue weighted by atomic mass is 32.1. The van der Waals surface area contributed by atoms with E-state index in [-0.39, 0.29) is 17.6 Å². The molecule has 6 nitrogen and oxygen atoms in total. The molecule has 2 aromatic heterocycles. The molecule has 1 saturated heterocycles. The van der Waals surface area contributed by atoms with Gasteiger partial charge in [0, 0.05) is 48.9 Å². The van der Waals surface area contributed by atoms with Crippen LogP contribution in [0.15, 0.2) is 54.3 Å². The Kier molecular flexibility index (Phi) is 5.62.